The van der Waals surface area contributed by atoms with Crippen LogP contribution in [0.5, 0.6) is 0 Å². The molecule has 3 rings (SSSR count). The largest absolute Gasteiger partial charge is 0.422 e. The van der Waals surface area contributed by atoms with E-state index in [2.05, 4.69) is 4.98 Å². The lowest BCUT2D eigenvalue weighted by molar-refractivity contribution is -0.384. The number of benzene rings is 1. The van der Waals surface area contributed by atoms with Crippen molar-refractivity contribution in [3.63, 3.8) is 0 Å². The lowest BCUT2D eigenvalue weighted by atomic mass is 10.1. The molecule has 0 bridgehead atoms. The molecule has 0 aliphatic heterocycles. The smallest absolute Gasteiger partial charge is 0.345 e. The van der Waals surface area contributed by atoms with Gasteiger partial charge in [0.15, 0.2) is 5.13 Å². The predicted octanol–water partition coefficient (Wildman–Crippen LogP) is 2.41. The fourth-order valence-electron chi connectivity index (χ4n) is 1.80. The van der Waals surface area contributed by atoms with Gasteiger partial charge in [-0.3, -0.25) is 10.1 Å². The lowest BCUT2D eigenvalue weighted by Gasteiger charge is -1.99. The number of nitrogens with two attached hydrogens (primary N) is 1. The molecule has 0 spiro atoms. The molecular weight excluding hydrogens is 282 g/mol. The van der Waals surface area contributed by atoms with Crippen LogP contribution in [0.1, 0.15) is 0 Å². The standard InChI is InChI=1S/C12H7N3O4S/c13-12-14-9(5-20-12)8-3-6-1-2-7(15(17)18)4-10(6)19-11(8)16/h1-5H,(H2,13,14). The minimum absolute atomic E-state index is 0.133. The number of nitro groups is 1. The maximum absolute atomic E-state index is 11.9. The van der Waals surface area contributed by atoms with E-state index >= 15 is 0 Å². The van der Waals surface area contributed by atoms with Crippen molar-refractivity contribution in [3.05, 3.63) is 50.2 Å². The predicted molar refractivity (Wildman–Crippen MR) is 74.7 cm³/mol. The molecule has 0 atom stereocenters. The second kappa shape index (κ2) is 4.42. The summed E-state index contributed by atoms with van der Waals surface area (Å²) in [6.07, 6.45) is 0. The Kier molecular flexibility index (Phi) is 2.72. The van der Waals surface area contributed by atoms with Gasteiger partial charge in [0.2, 0.25) is 0 Å². The first kappa shape index (κ1) is 12.3. The molecule has 0 radical (unpaired) electrons. The Morgan fingerprint density at radius 3 is 2.80 bits per heavy atom. The zero-order valence-corrected chi connectivity index (χ0v) is 10.7. The first-order valence-corrected chi connectivity index (χ1v) is 6.36. The molecule has 2 aromatic heterocycles. The summed E-state index contributed by atoms with van der Waals surface area (Å²) in [5, 5.41) is 13.3. The molecule has 3 aromatic rings. The highest BCUT2D eigenvalue weighted by Crippen LogP contribution is 2.25. The highest BCUT2D eigenvalue weighted by atomic mass is 32.1. The summed E-state index contributed by atoms with van der Waals surface area (Å²) in [7, 11) is 0. The number of nitro benzene ring substituents is 1. The van der Waals surface area contributed by atoms with Crippen molar-refractivity contribution in [1.82, 2.24) is 4.98 Å². The molecule has 0 saturated carbocycles. The fraction of sp³-hybridized carbons (Fsp3) is 0. The summed E-state index contributed by atoms with van der Waals surface area (Å²) < 4.78 is 5.11. The fourth-order valence-corrected chi connectivity index (χ4v) is 2.37. The highest BCUT2D eigenvalue weighted by Gasteiger charge is 2.13. The number of hydrogen-bond donors (Lipinski definition) is 1. The zero-order valence-electron chi connectivity index (χ0n) is 9.90. The van der Waals surface area contributed by atoms with Gasteiger partial charge in [-0.2, -0.15) is 0 Å². The summed E-state index contributed by atoms with van der Waals surface area (Å²) >= 11 is 1.22. The van der Waals surface area contributed by atoms with Gasteiger partial charge >= 0.3 is 5.63 Å². The third-order valence-electron chi connectivity index (χ3n) is 2.73. The van der Waals surface area contributed by atoms with Crippen LogP contribution in [0.15, 0.2) is 38.9 Å². The van der Waals surface area contributed by atoms with E-state index < -0.39 is 10.5 Å². The Labute approximate surface area is 115 Å². The van der Waals surface area contributed by atoms with E-state index in [1.165, 1.54) is 29.5 Å². The van der Waals surface area contributed by atoms with Gasteiger partial charge < -0.3 is 10.2 Å². The second-order valence-corrected chi connectivity index (χ2v) is 4.89. The van der Waals surface area contributed by atoms with Crippen molar-refractivity contribution in [3.8, 4) is 11.3 Å². The molecule has 7 nitrogen and oxygen atoms in total. The van der Waals surface area contributed by atoms with Gasteiger partial charge in [-0.05, 0) is 12.1 Å². The Balaban J connectivity index is 2.22. The van der Waals surface area contributed by atoms with Crippen LogP contribution in [-0.4, -0.2) is 9.91 Å². The Bertz CT molecular complexity index is 884. The third kappa shape index (κ3) is 2.01. The van der Waals surface area contributed by atoms with E-state index in [1.807, 2.05) is 0 Å². The molecular formula is C12H7N3O4S. The monoisotopic (exact) mass is 289 g/mol. The quantitative estimate of drug-likeness (QED) is 0.440. The van der Waals surface area contributed by atoms with E-state index in [0.29, 0.717) is 16.2 Å². The van der Waals surface area contributed by atoms with E-state index in [1.54, 1.807) is 11.4 Å². The van der Waals surface area contributed by atoms with E-state index in [0.717, 1.165) is 0 Å². The number of hydrogen-bond acceptors (Lipinski definition) is 7. The number of rotatable bonds is 2. The molecule has 2 heterocycles. The summed E-state index contributed by atoms with van der Waals surface area (Å²) in [4.78, 5) is 26.1. The summed E-state index contributed by atoms with van der Waals surface area (Å²) in [6.45, 7) is 0. The van der Waals surface area contributed by atoms with Gasteiger partial charge in [0.25, 0.3) is 5.69 Å². The normalized spacial score (nSPS) is 10.8. The van der Waals surface area contributed by atoms with Gasteiger partial charge in [-0.25, -0.2) is 9.78 Å². The minimum atomic E-state index is -0.608. The summed E-state index contributed by atoms with van der Waals surface area (Å²) in [5.74, 6) is 0. The lowest BCUT2D eigenvalue weighted by Crippen LogP contribution is -2.03. The van der Waals surface area contributed by atoms with Crippen molar-refractivity contribution in [2.75, 3.05) is 5.73 Å². The summed E-state index contributed by atoms with van der Waals surface area (Å²) in [6, 6.07) is 5.67. The Hall–Kier alpha value is -2.74. The van der Waals surface area contributed by atoms with Crippen molar-refractivity contribution >= 4 is 33.1 Å². The number of aromatic nitrogens is 1. The number of non-ortho nitro benzene ring substituents is 1. The van der Waals surface area contributed by atoms with Crippen LogP contribution in [0.4, 0.5) is 10.8 Å². The van der Waals surface area contributed by atoms with Crippen molar-refractivity contribution < 1.29 is 9.34 Å². The van der Waals surface area contributed by atoms with Gasteiger partial charge in [-0.15, -0.1) is 11.3 Å². The molecule has 100 valence electrons. The average Bonchev–Trinajstić information content (AvgIpc) is 2.83. The van der Waals surface area contributed by atoms with Crippen LogP contribution in [-0.2, 0) is 0 Å². The molecule has 20 heavy (non-hydrogen) atoms. The number of nitrogen functional groups attached to an aromatic ring is 1. The van der Waals surface area contributed by atoms with Gasteiger partial charge in [-0.1, -0.05) is 0 Å². The van der Waals surface area contributed by atoms with E-state index in [9.17, 15) is 14.9 Å². The Morgan fingerprint density at radius 2 is 2.15 bits per heavy atom. The van der Waals surface area contributed by atoms with Gasteiger partial charge in [0.1, 0.15) is 5.58 Å². The van der Waals surface area contributed by atoms with E-state index in [-0.39, 0.29) is 16.8 Å². The molecule has 1 aromatic carbocycles. The maximum atomic E-state index is 11.9. The number of fused-ring (bicyclic) bond motifs is 1. The zero-order chi connectivity index (χ0) is 14.3. The van der Waals surface area contributed by atoms with Crippen LogP contribution in [0.3, 0.4) is 0 Å². The first-order chi connectivity index (χ1) is 9.54. The van der Waals surface area contributed by atoms with Crippen LogP contribution < -0.4 is 11.4 Å². The summed E-state index contributed by atoms with van der Waals surface area (Å²) in [5.41, 5.74) is 5.66. The van der Waals surface area contributed by atoms with Crippen molar-refractivity contribution in [2.45, 2.75) is 0 Å². The SMILES string of the molecule is Nc1nc(-c2cc3ccc([N+](=O)[O-])cc3oc2=O)cs1. The van der Waals surface area contributed by atoms with Crippen LogP contribution in [0, 0.1) is 10.1 Å². The first-order valence-electron chi connectivity index (χ1n) is 5.48. The average molecular weight is 289 g/mol. The molecule has 0 aliphatic carbocycles. The van der Waals surface area contributed by atoms with E-state index in [4.69, 9.17) is 10.2 Å². The second-order valence-electron chi connectivity index (χ2n) is 4.00. The molecule has 8 heteroatoms. The van der Waals surface area contributed by atoms with Gasteiger partial charge in [0.05, 0.1) is 22.2 Å². The van der Waals surface area contributed by atoms with Crippen LogP contribution >= 0.6 is 11.3 Å². The number of anilines is 1. The number of nitrogens with zero attached hydrogens (tertiary/aromatic N) is 2. The molecule has 2 N–H and O–H groups in total. The molecule has 0 saturated heterocycles. The third-order valence-corrected chi connectivity index (χ3v) is 3.40. The molecule has 0 amide bonds. The van der Waals surface area contributed by atoms with Crippen LogP contribution in [0.25, 0.3) is 22.2 Å². The van der Waals surface area contributed by atoms with Crippen LogP contribution in [0.2, 0.25) is 0 Å². The van der Waals surface area contributed by atoms with Crippen molar-refractivity contribution in [1.29, 1.82) is 0 Å². The minimum Gasteiger partial charge on any atom is -0.422 e. The number of thiazole rings is 1. The molecule has 0 unspecified atom stereocenters. The van der Waals surface area contributed by atoms with Gasteiger partial charge in [0, 0.05) is 16.8 Å². The molecule has 0 fully saturated rings. The van der Waals surface area contributed by atoms with Crippen molar-refractivity contribution in [2.24, 2.45) is 0 Å². The maximum Gasteiger partial charge on any atom is 0.345 e. The topological polar surface area (TPSA) is 112 Å². The Morgan fingerprint density at radius 1 is 1.35 bits per heavy atom. The molecule has 0 aliphatic rings. The highest BCUT2D eigenvalue weighted by molar-refractivity contribution is 7.13.